The van der Waals surface area contributed by atoms with Crippen LogP contribution in [0.3, 0.4) is 0 Å². The van der Waals surface area contributed by atoms with E-state index in [0.717, 1.165) is 35.1 Å². The lowest BCUT2D eigenvalue weighted by Crippen LogP contribution is -2.32. The van der Waals surface area contributed by atoms with Gasteiger partial charge in [-0.1, -0.05) is 6.07 Å². The summed E-state index contributed by atoms with van der Waals surface area (Å²) in [6.45, 7) is 3.43. The number of carbonyl (C=O) groups excluding carboxylic acids is 1. The quantitative estimate of drug-likeness (QED) is 0.502. The number of amides is 1. The van der Waals surface area contributed by atoms with E-state index in [9.17, 15) is 13.2 Å². The normalized spacial score (nSPS) is 15.4. The number of sulfonamides is 1. The zero-order chi connectivity index (χ0) is 24.3. The van der Waals surface area contributed by atoms with Gasteiger partial charge in [-0.2, -0.15) is 4.31 Å². The Kier molecular flexibility index (Phi) is 7.13. The molecule has 182 valence electrons. The third-order valence-corrected chi connectivity index (χ3v) is 8.27. The summed E-state index contributed by atoms with van der Waals surface area (Å²) in [5.74, 6) is 1.32. The van der Waals surface area contributed by atoms with Gasteiger partial charge in [0.15, 0.2) is 0 Å². The average Bonchev–Trinajstić information content (AvgIpc) is 3.54. The Balaban J connectivity index is 1.43. The summed E-state index contributed by atoms with van der Waals surface area (Å²) in [4.78, 5) is 13.1. The number of benzene rings is 2. The first-order chi connectivity index (χ1) is 16.3. The van der Waals surface area contributed by atoms with Crippen LogP contribution in [0.25, 0.3) is 10.9 Å². The standard InChI is InChI=1S/C25H31N3O5S/c1-18(25(29)26-12-10-19-6-7-21(32-2)17-24(19)33-3)28-15-11-20-16-22(8-9-23(20)28)34(30,31)27-13-4-5-14-27/h6-9,11,15-18H,4-5,10,12-14H2,1-3H3,(H,26,29)/t18-/m0/s1. The maximum absolute atomic E-state index is 12.9. The molecule has 0 spiro atoms. The SMILES string of the molecule is COc1ccc(CCNC(=O)[C@H](C)n2ccc3cc(S(=O)(=O)N4CCCC4)ccc32)c(OC)c1. The minimum absolute atomic E-state index is 0.112. The summed E-state index contributed by atoms with van der Waals surface area (Å²) in [6.07, 6.45) is 4.24. The fourth-order valence-corrected chi connectivity index (χ4v) is 5.92. The van der Waals surface area contributed by atoms with Crippen molar-refractivity contribution in [3.63, 3.8) is 0 Å². The van der Waals surface area contributed by atoms with E-state index in [-0.39, 0.29) is 5.91 Å². The van der Waals surface area contributed by atoms with Crippen molar-refractivity contribution in [2.45, 2.75) is 37.1 Å². The van der Waals surface area contributed by atoms with E-state index in [2.05, 4.69) is 5.32 Å². The van der Waals surface area contributed by atoms with Gasteiger partial charge in [-0.25, -0.2) is 8.42 Å². The number of aromatic nitrogens is 1. The molecule has 0 saturated carbocycles. The summed E-state index contributed by atoms with van der Waals surface area (Å²) in [7, 11) is -0.265. The molecule has 2 heterocycles. The van der Waals surface area contributed by atoms with Crippen LogP contribution < -0.4 is 14.8 Å². The van der Waals surface area contributed by atoms with Gasteiger partial charge in [0.1, 0.15) is 17.5 Å². The van der Waals surface area contributed by atoms with Gasteiger partial charge in [-0.15, -0.1) is 0 Å². The van der Waals surface area contributed by atoms with E-state index in [1.807, 2.05) is 42.0 Å². The Labute approximate surface area is 200 Å². The highest BCUT2D eigenvalue weighted by molar-refractivity contribution is 7.89. The van der Waals surface area contributed by atoms with Gasteiger partial charge in [0, 0.05) is 42.8 Å². The first-order valence-electron chi connectivity index (χ1n) is 11.4. The maximum atomic E-state index is 12.9. The highest BCUT2D eigenvalue weighted by atomic mass is 32.2. The number of nitrogens with one attached hydrogen (secondary N) is 1. The number of rotatable bonds is 9. The molecule has 2 aromatic carbocycles. The molecule has 1 N–H and O–H groups in total. The van der Waals surface area contributed by atoms with Crippen molar-refractivity contribution in [3.05, 3.63) is 54.2 Å². The lowest BCUT2D eigenvalue weighted by atomic mass is 10.1. The number of methoxy groups -OCH3 is 2. The molecule has 1 atom stereocenters. The number of carbonyl (C=O) groups is 1. The molecular weight excluding hydrogens is 454 g/mol. The Morgan fingerprint density at radius 3 is 2.53 bits per heavy atom. The summed E-state index contributed by atoms with van der Waals surface area (Å²) in [5.41, 5.74) is 1.80. The van der Waals surface area contributed by atoms with Crippen LogP contribution in [0.1, 0.15) is 31.4 Å². The van der Waals surface area contributed by atoms with Gasteiger partial charge >= 0.3 is 0 Å². The smallest absolute Gasteiger partial charge is 0.243 e. The summed E-state index contributed by atoms with van der Waals surface area (Å²) < 4.78 is 39.8. The van der Waals surface area contributed by atoms with Crippen LogP contribution in [-0.4, -0.2) is 57.1 Å². The molecule has 9 heteroatoms. The van der Waals surface area contributed by atoms with Gasteiger partial charge < -0.3 is 19.4 Å². The predicted octanol–water partition coefficient (Wildman–Crippen LogP) is 3.36. The fourth-order valence-electron chi connectivity index (χ4n) is 4.37. The fraction of sp³-hybridized carbons (Fsp3) is 0.400. The number of nitrogens with zero attached hydrogens (tertiary/aromatic N) is 2. The second kappa shape index (κ2) is 10.1. The molecule has 1 aliphatic rings. The van der Waals surface area contributed by atoms with Crippen LogP contribution in [-0.2, 0) is 21.2 Å². The lowest BCUT2D eigenvalue weighted by molar-refractivity contribution is -0.123. The number of fused-ring (bicyclic) bond motifs is 1. The first kappa shape index (κ1) is 24.1. The van der Waals surface area contributed by atoms with E-state index in [0.29, 0.717) is 36.7 Å². The van der Waals surface area contributed by atoms with Crippen molar-refractivity contribution >= 4 is 26.8 Å². The van der Waals surface area contributed by atoms with Crippen LogP contribution in [0.2, 0.25) is 0 Å². The van der Waals surface area contributed by atoms with E-state index >= 15 is 0 Å². The highest BCUT2D eigenvalue weighted by Crippen LogP contribution is 2.27. The van der Waals surface area contributed by atoms with Gasteiger partial charge in [0.2, 0.25) is 15.9 Å². The molecule has 8 nitrogen and oxygen atoms in total. The molecule has 0 radical (unpaired) electrons. The largest absolute Gasteiger partial charge is 0.497 e. The van der Waals surface area contributed by atoms with Crippen molar-refractivity contribution in [2.24, 2.45) is 0 Å². The summed E-state index contributed by atoms with van der Waals surface area (Å²) in [5, 5.41) is 3.78. The maximum Gasteiger partial charge on any atom is 0.243 e. The molecule has 1 aliphatic heterocycles. The first-order valence-corrected chi connectivity index (χ1v) is 12.9. The van der Waals surface area contributed by atoms with Crippen molar-refractivity contribution in [3.8, 4) is 11.5 Å². The molecule has 1 saturated heterocycles. The number of ether oxygens (including phenoxy) is 2. The third kappa shape index (κ3) is 4.76. The Bertz CT molecular complexity index is 1280. The van der Waals surface area contributed by atoms with Crippen LogP contribution in [0.4, 0.5) is 0 Å². The second-order valence-corrected chi connectivity index (χ2v) is 10.4. The van der Waals surface area contributed by atoms with Crippen molar-refractivity contribution < 1.29 is 22.7 Å². The van der Waals surface area contributed by atoms with E-state index in [1.54, 1.807) is 36.7 Å². The molecule has 0 aliphatic carbocycles. The van der Waals surface area contributed by atoms with Gasteiger partial charge in [-0.05, 0) is 62.1 Å². The van der Waals surface area contributed by atoms with Crippen LogP contribution in [0, 0.1) is 0 Å². The van der Waals surface area contributed by atoms with Gasteiger partial charge in [-0.3, -0.25) is 4.79 Å². The number of hydrogen-bond donors (Lipinski definition) is 1. The van der Waals surface area contributed by atoms with Gasteiger partial charge in [0.25, 0.3) is 0 Å². The molecule has 0 bridgehead atoms. The Hall–Kier alpha value is -3.04. The minimum Gasteiger partial charge on any atom is -0.497 e. The molecule has 1 aromatic heterocycles. The molecule has 0 unspecified atom stereocenters. The summed E-state index contributed by atoms with van der Waals surface area (Å²) in [6, 6.07) is 12.1. The van der Waals surface area contributed by atoms with Gasteiger partial charge in [0.05, 0.1) is 19.1 Å². The Morgan fingerprint density at radius 2 is 1.82 bits per heavy atom. The van der Waals surface area contributed by atoms with E-state index in [4.69, 9.17) is 9.47 Å². The molecule has 4 rings (SSSR count). The van der Waals surface area contributed by atoms with Crippen LogP contribution in [0.5, 0.6) is 11.5 Å². The van der Waals surface area contributed by atoms with E-state index < -0.39 is 16.1 Å². The average molecular weight is 486 g/mol. The predicted molar refractivity (Wildman–Crippen MR) is 131 cm³/mol. The number of hydrogen-bond acceptors (Lipinski definition) is 5. The topological polar surface area (TPSA) is 89.9 Å². The zero-order valence-corrected chi connectivity index (χ0v) is 20.6. The summed E-state index contributed by atoms with van der Waals surface area (Å²) >= 11 is 0. The second-order valence-electron chi connectivity index (χ2n) is 8.45. The van der Waals surface area contributed by atoms with Crippen LogP contribution in [0.15, 0.2) is 53.6 Å². The van der Waals surface area contributed by atoms with Crippen molar-refractivity contribution in [2.75, 3.05) is 33.9 Å². The lowest BCUT2D eigenvalue weighted by Gasteiger charge is -2.17. The third-order valence-electron chi connectivity index (χ3n) is 6.38. The zero-order valence-electron chi connectivity index (χ0n) is 19.8. The molecular formula is C25H31N3O5S. The molecule has 3 aromatic rings. The van der Waals surface area contributed by atoms with Crippen molar-refractivity contribution in [1.29, 1.82) is 0 Å². The molecule has 1 fully saturated rings. The van der Waals surface area contributed by atoms with Crippen LogP contribution >= 0.6 is 0 Å². The van der Waals surface area contributed by atoms with E-state index in [1.165, 1.54) is 0 Å². The Morgan fingerprint density at radius 1 is 1.06 bits per heavy atom. The highest BCUT2D eigenvalue weighted by Gasteiger charge is 2.27. The molecule has 34 heavy (non-hydrogen) atoms. The minimum atomic E-state index is -3.48. The molecule has 1 amide bonds. The van der Waals surface area contributed by atoms with Crippen molar-refractivity contribution in [1.82, 2.24) is 14.2 Å². The monoisotopic (exact) mass is 485 g/mol.